The maximum atomic E-state index is 13.0. The number of benzene rings is 1. The molecule has 1 aliphatic rings. The fourth-order valence-corrected chi connectivity index (χ4v) is 5.13. The lowest BCUT2D eigenvalue weighted by Crippen LogP contribution is -2.44. The van der Waals surface area contributed by atoms with Gasteiger partial charge >= 0.3 is 0 Å². The molecule has 2 unspecified atom stereocenters. The molecule has 1 heterocycles. The monoisotopic (exact) mass is 311 g/mol. The van der Waals surface area contributed by atoms with Gasteiger partial charge < -0.3 is 5.11 Å². The molecule has 4 nitrogen and oxygen atoms in total. The molecule has 0 bridgehead atoms. The Kier molecular flexibility index (Phi) is 4.76. The van der Waals surface area contributed by atoms with Crippen LogP contribution in [-0.4, -0.2) is 30.4 Å². The molecular weight excluding hydrogens is 286 g/mol. The standard InChI is InChI=1S/C16H25NO3S/c1-11-5-6-17(13(3)7-11)21(19,20)16-9-15(10-18)8-12(2)14(16)4/h8-9,11,13,18H,5-7,10H2,1-4H3. The molecule has 0 saturated carbocycles. The van der Waals surface area contributed by atoms with Crippen LogP contribution in [0.1, 0.15) is 43.4 Å². The summed E-state index contributed by atoms with van der Waals surface area (Å²) in [6.45, 7) is 8.30. The van der Waals surface area contributed by atoms with Crippen LogP contribution in [-0.2, 0) is 16.6 Å². The van der Waals surface area contributed by atoms with Crippen molar-refractivity contribution in [1.82, 2.24) is 4.31 Å². The number of rotatable bonds is 3. The zero-order chi connectivity index (χ0) is 15.8. The van der Waals surface area contributed by atoms with Gasteiger partial charge in [0, 0.05) is 12.6 Å². The van der Waals surface area contributed by atoms with Gasteiger partial charge in [-0.3, -0.25) is 0 Å². The van der Waals surface area contributed by atoms with E-state index in [9.17, 15) is 13.5 Å². The number of aliphatic hydroxyl groups is 1. The highest BCUT2D eigenvalue weighted by Crippen LogP contribution is 2.31. The van der Waals surface area contributed by atoms with Crippen LogP contribution in [0, 0.1) is 19.8 Å². The molecular formula is C16H25NO3S. The number of aliphatic hydroxyl groups excluding tert-OH is 1. The Balaban J connectivity index is 2.47. The normalized spacial score (nSPS) is 24.2. The highest BCUT2D eigenvalue weighted by atomic mass is 32.2. The van der Waals surface area contributed by atoms with Crippen LogP contribution in [0.2, 0.25) is 0 Å². The fourth-order valence-electron chi connectivity index (χ4n) is 3.13. The van der Waals surface area contributed by atoms with Crippen molar-refractivity contribution in [2.45, 2.75) is 58.1 Å². The zero-order valence-electron chi connectivity index (χ0n) is 13.3. The average Bonchev–Trinajstić information content (AvgIpc) is 2.40. The summed E-state index contributed by atoms with van der Waals surface area (Å²) in [5, 5.41) is 9.33. The van der Waals surface area contributed by atoms with E-state index in [-0.39, 0.29) is 12.6 Å². The van der Waals surface area contributed by atoms with Gasteiger partial charge in [-0.2, -0.15) is 4.31 Å². The largest absolute Gasteiger partial charge is 0.392 e. The molecule has 0 aliphatic carbocycles. The van der Waals surface area contributed by atoms with Crippen LogP contribution >= 0.6 is 0 Å². The molecule has 1 fully saturated rings. The van der Waals surface area contributed by atoms with E-state index >= 15 is 0 Å². The number of piperidine rings is 1. The number of hydrogen-bond acceptors (Lipinski definition) is 3. The van der Waals surface area contributed by atoms with Crippen molar-refractivity contribution in [2.24, 2.45) is 5.92 Å². The summed E-state index contributed by atoms with van der Waals surface area (Å²) < 4.78 is 27.6. The molecule has 0 spiro atoms. The van der Waals surface area contributed by atoms with Gasteiger partial charge in [0.1, 0.15) is 0 Å². The first-order valence-electron chi connectivity index (χ1n) is 7.50. The molecule has 1 aromatic carbocycles. The maximum Gasteiger partial charge on any atom is 0.243 e. The van der Waals surface area contributed by atoms with Crippen molar-refractivity contribution in [3.8, 4) is 0 Å². The van der Waals surface area contributed by atoms with Gasteiger partial charge in [-0.1, -0.05) is 13.0 Å². The number of hydrogen-bond donors (Lipinski definition) is 1. The second kappa shape index (κ2) is 6.07. The lowest BCUT2D eigenvalue weighted by molar-refractivity contribution is 0.220. The van der Waals surface area contributed by atoms with E-state index in [0.717, 1.165) is 24.0 Å². The molecule has 2 atom stereocenters. The van der Waals surface area contributed by atoms with Gasteiger partial charge in [0.25, 0.3) is 0 Å². The van der Waals surface area contributed by atoms with Gasteiger partial charge in [0.2, 0.25) is 10.0 Å². The summed E-state index contributed by atoms with van der Waals surface area (Å²) in [4.78, 5) is 0.341. The van der Waals surface area contributed by atoms with Crippen molar-refractivity contribution in [1.29, 1.82) is 0 Å². The van der Waals surface area contributed by atoms with Gasteiger partial charge in [0.05, 0.1) is 11.5 Å². The molecule has 0 radical (unpaired) electrons. The lowest BCUT2D eigenvalue weighted by Gasteiger charge is -2.35. The predicted molar refractivity (Wildman–Crippen MR) is 83.6 cm³/mol. The van der Waals surface area contributed by atoms with Gasteiger partial charge in [-0.25, -0.2) is 8.42 Å². The molecule has 1 N–H and O–H groups in total. The van der Waals surface area contributed by atoms with Crippen LogP contribution in [0.15, 0.2) is 17.0 Å². The van der Waals surface area contributed by atoms with E-state index in [1.54, 1.807) is 10.4 Å². The molecule has 5 heteroatoms. The van der Waals surface area contributed by atoms with Crippen molar-refractivity contribution in [3.63, 3.8) is 0 Å². The molecule has 118 valence electrons. The summed E-state index contributed by atoms with van der Waals surface area (Å²) in [5.74, 6) is 0.568. The zero-order valence-corrected chi connectivity index (χ0v) is 14.1. The fraction of sp³-hybridized carbons (Fsp3) is 0.625. The summed E-state index contributed by atoms with van der Waals surface area (Å²) in [5.41, 5.74) is 2.32. The van der Waals surface area contributed by atoms with Crippen molar-refractivity contribution in [3.05, 3.63) is 28.8 Å². The SMILES string of the molecule is Cc1cc(CO)cc(S(=O)(=O)N2CCC(C)CC2C)c1C. The van der Waals surface area contributed by atoms with Crippen molar-refractivity contribution < 1.29 is 13.5 Å². The molecule has 0 aromatic heterocycles. The quantitative estimate of drug-likeness (QED) is 0.933. The maximum absolute atomic E-state index is 13.0. The van der Waals surface area contributed by atoms with Crippen LogP contribution in [0.3, 0.4) is 0 Å². The Labute approximate surface area is 127 Å². The first-order chi connectivity index (χ1) is 9.77. The Morgan fingerprint density at radius 2 is 1.95 bits per heavy atom. The first kappa shape index (κ1) is 16.5. The lowest BCUT2D eigenvalue weighted by atomic mass is 9.95. The van der Waals surface area contributed by atoms with Gasteiger partial charge in [-0.05, 0) is 62.3 Å². The first-order valence-corrected chi connectivity index (χ1v) is 8.94. The molecule has 0 amide bonds. The van der Waals surface area contributed by atoms with E-state index < -0.39 is 10.0 Å². The molecule has 1 aliphatic heterocycles. The summed E-state index contributed by atoms with van der Waals surface area (Å²) in [6.07, 6.45) is 1.80. The number of aryl methyl sites for hydroxylation is 1. The van der Waals surface area contributed by atoms with E-state index in [1.165, 1.54) is 0 Å². The molecule has 1 saturated heterocycles. The Hall–Kier alpha value is -0.910. The van der Waals surface area contributed by atoms with Crippen LogP contribution in [0.25, 0.3) is 0 Å². The molecule has 1 aromatic rings. The average molecular weight is 311 g/mol. The van der Waals surface area contributed by atoms with Gasteiger partial charge in [0.15, 0.2) is 0 Å². The summed E-state index contributed by atoms with van der Waals surface area (Å²) in [6, 6.07) is 3.48. The molecule has 2 rings (SSSR count). The third-order valence-corrected chi connectivity index (χ3v) is 6.67. The third kappa shape index (κ3) is 3.15. The topological polar surface area (TPSA) is 57.6 Å². The molecule has 21 heavy (non-hydrogen) atoms. The van der Waals surface area contributed by atoms with Crippen LogP contribution in [0.4, 0.5) is 0 Å². The Morgan fingerprint density at radius 1 is 1.29 bits per heavy atom. The van der Waals surface area contributed by atoms with E-state index in [1.807, 2.05) is 26.8 Å². The number of nitrogens with zero attached hydrogens (tertiary/aromatic N) is 1. The highest BCUT2D eigenvalue weighted by Gasteiger charge is 2.34. The Morgan fingerprint density at radius 3 is 2.52 bits per heavy atom. The second-order valence-electron chi connectivity index (χ2n) is 6.29. The summed E-state index contributed by atoms with van der Waals surface area (Å²) in [7, 11) is -3.50. The van der Waals surface area contributed by atoms with Crippen LogP contribution in [0.5, 0.6) is 0 Å². The smallest absolute Gasteiger partial charge is 0.243 e. The highest BCUT2D eigenvalue weighted by molar-refractivity contribution is 7.89. The van der Waals surface area contributed by atoms with Crippen molar-refractivity contribution in [2.75, 3.05) is 6.54 Å². The van der Waals surface area contributed by atoms with Crippen molar-refractivity contribution >= 4 is 10.0 Å². The van der Waals surface area contributed by atoms with Crippen LogP contribution < -0.4 is 0 Å². The minimum atomic E-state index is -3.50. The van der Waals surface area contributed by atoms with Gasteiger partial charge in [-0.15, -0.1) is 0 Å². The predicted octanol–water partition coefficient (Wildman–Crippen LogP) is 2.60. The van der Waals surface area contributed by atoms with E-state index in [4.69, 9.17) is 0 Å². The summed E-state index contributed by atoms with van der Waals surface area (Å²) >= 11 is 0. The van der Waals surface area contributed by atoms with E-state index in [2.05, 4.69) is 6.92 Å². The Bertz CT molecular complexity index is 625. The third-order valence-electron chi connectivity index (χ3n) is 4.53. The number of sulfonamides is 1. The minimum absolute atomic E-state index is 0.0243. The second-order valence-corrected chi connectivity index (χ2v) is 8.15. The minimum Gasteiger partial charge on any atom is -0.392 e. The van der Waals surface area contributed by atoms with E-state index in [0.29, 0.717) is 22.9 Å².